The number of hydrogen-bond acceptors (Lipinski definition) is 5. The largest absolute Gasteiger partial charge is 0.438 e. The number of hydrogen-bond donors (Lipinski definition) is 0. The lowest BCUT2D eigenvalue weighted by molar-refractivity contribution is 0.656. The van der Waals surface area contributed by atoms with E-state index in [-0.39, 0.29) is 0 Å². The number of furan rings is 1. The van der Waals surface area contributed by atoms with Crippen LogP contribution in [0.25, 0.3) is 77.9 Å². The Hall–Kier alpha value is -5.94. The molecule has 5 heteroatoms. The Kier molecular flexibility index (Phi) is 5.88. The van der Waals surface area contributed by atoms with Gasteiger partial charge in [0.05, 0.1) is 5.52 Å². The summed E-state index contributed by atoms with van der Waals surface area (Å²) in [5, 5.41) is 5.27. The highest BCUT2D eigenvalue weighted by Crippen LogP contribution is 2.39. The molecule has 8 aromatic rings. The summed E-state index contributed by atoms with van der Waals surface area (Å²) >= 11 is 0. The topological polar surface area (TPSA) is 64.7 Å². The SMILES string of the molecule is C1=CCC(c2ccc(-c3nc(-c4ccccc4)nc(-c4cccc5oc6nc7ccccc7cc6c45)n3)c3ccccc23)C=C1. The van der Waals surface area contributed by atoms with Crippen LogP contribution in [0.1, 0.15) is 17.9 Å². The first kappa shape index (κ1) is 25.5. The normalized spacial score (nSPS) is 14.6. The lowest BCUT2D eigenvalue weighted by Gasteiger charge is -2.18. The van der Waals surface area contributed by atoms with Gasteiger partial charge < -0.3 is 4.42 Å². The number of allylic oxidation sites excluding steroid dienone is 4. The molecule has 0 saturated carbocycles. The number of pyridine rings is 1. The summed E-state index contributed by atoms with van der Waals surface area (Å²) in [6.07, 6.45) is 9.76. The fourth-order valence-electron chi connectivity index (χ4n) is 6.52. The van der Waals surface area contributed by atoms with E-state index in [2.05, 4.69) is 78.9 Å². The predicted octanol–water partition coefficient (Wildman–Crippen LogP) is 10.1. The van der Waals surface area contributed by atoms with Crippen molar-refractivity contribution in [2.75, 3.05) is 0 Å². The van der Waals surface area contributed by atoms with Crippen LogP contribution < -0.4 is 0 Å². The van der Waals surface area contributed by atoms with Gasteiger partial charge in [-0.15, -0.1) is 0 Å². The molecule has 1 atom stereocenters. The fourth-order valence-corrected chi connectivity index (χ4v) is 6.52. The van der Waals surface area contributed by atoms with Crippen LogP contribution in [0.15, 0.2) is 144 Å². The number of rotatable bonds is 4. The lowest BCUT2D eigenvalue weighted by atomic mass is 9.87. The van der Waals surface area contributed by atoms with Crippen molar-refractivity contribution < 1.29 is 4.42 Å². The van der Waals surface area contributed by atoms with Crippen LogP contribution in [-0.2, 0) is 0 Å². The Morgan fingerprint density at radius 1 is 0.578 bits per heavy atom. The van der Waals surface area contributed by atoms with Gasteiger partial charge in [0.25, 0.3) is 0 Å². The molecule has 5 nitrogen and oxygen atoms in total. The van der Waals surface area contributed by atoms with Crippen LogP contribution in [0, 0.1) is 0 Å². The Balaban J connectivity index is 1.30. The molecule has 212 valence electrons. The third-order valence-electron chi connectivity index (χ3n) is 8.68. The maximum Gasteiger partial charge on any atom is 0.227 e. The van der Waals surface area contributed by atoms with Crippen molar-refractivity contribution in [3.05, 3.63) is 145 Å². The van der Waals surface area contributed by atoms with Crippen LogP contribution in [0.4, 0.5) is 0 Å². The highest BCUT2D eigenvalue weighted by atomic mass is 16.3. The highest BCUT2D eigenvalue weighted by molar-refractivity contribution is 6.13. The minimum Gasteiger partial charge on any atom is -0.438 e. The van der Waals surface area contributed by atoms with E-state index < -0.39 is 0 Å². The van der Waals surface area contributed by atoms with Gasteiger partial charge in [-0.25, -0.2) is 19.9 Å². The van der Waals surface area contributed by atoms with E-state index in [1.165, 1.54) is 10.9 Å². The molecule has 1 aliphatic carbocycles. The molecule has 3 heterocycles. The van der Waals surface area contributed by atoms with Gasteiger partial charge in [-0.05, 0) is 41.0 Å². The monoisotopic (exact) mass is 578 g/mol. The molecule has 0 radical (unpaired) electrons. The number of nitrogens with zero attached hydrogens (tertiary/aromatic N) is 4. The standard InChI is InChI=1S/C40H26N4O/c1-3-12-25(13-4-1)28-22-23-31(30-18-9-8-17-29(28)30)38-42-37(26-14-5-2-6-15-26)43-39(44-38)32-19-11-21-35-36(32)33-24-27-16-7-10-20-34(27)41-40(33)45-35/h1-12,14-25H,13H2. The van der Waals surface area contributed by atoms with E-state index in [4.69, 9.17) is 24.4 Å². The van der Waals surface area contributed by atoms with Gasteiger partial charge in [-0.3, -0.25) is 0 Å². The first-order valence-corrected chi connectivity index (χ1v) is 15.2. The van der Waals surface area contributed by atoms with E-state index in [1.54, 1.807) is 0 Å². The van der Waals surface area contributed by atoms with Crippen LogP contribution in [0.2, 0.25) is 0 Å². The molecule has 0 saturated heterocycles. The smallest absolute Gasteiger partial charge is 0.227 e. The zero-order valence-corrected chi connectivity index (χ0v) is 24.3. The molecule has 0 spiro atoms. The molecule has 0 amide bonds. The summed E-state index contributed by atoms with van der Waals surface area (Å²) in [5.74, 6) is 2.18. The molecule has 0 aliphatic heterocycles. The molecule has 0 fully saturated rings. The summed E-state index contributed by atoms with van der Waals surface area (Å²) < 4.78 is 6.29. The molecular formula is C40H26N4O. The molecule has 1 aliphatic rings. The van der Waals surface area contributed by atoms with Crippen LogP contribution >= 0.6 is 0 Å². The molecule has 3 aromatic heterocycles. The van der Waals surface area contributed by atoms with Crippen molar-refractivity contribution in [2.24, 2.45) is 0 Å². The number of aromatic nitrogens is 4. The fraction of sp³-hybridized carbons (Fsp3) is 0.0500. The summed E-state index contributed by atoms with van der Waals surface area (Å²) in [6.45, 7) is 0. The maximum absolute atomic E-state index is 6.29. The van der Waals surface area contributed by atoms with Crippen molar-refractivity contribution >= 4 is 43.7 Å². The van der Waals surface area contributed by atoms with Gasteiger partial charge in [-0.1, -0.05) is 121 Å². The Bertz CT molecular complexity index is 2480. The highest BCUT2D eigenvalue weighted by Gasteiger charge is 2.21. The van der Waals surface area contributed by atoms with Gasteiger partial charge in [0.2, 0.25) is 5.71 Å². The van der Waals surface area contributed by atoms with E-state index in [0.717, 1.165) is 55.8 Å². The van der Waals surface area contributed by atoms with Crippen molar-refractivity contribution in [1.82, 2.24) is 19.9 Å². The van der Waals surface area contributed by atoms with E-state index in [1.807, 2.05) is 60.7 Å². The molecule has 0 N–H and O–H groups in total. The van der Waals surface area contributed by atoms with Crippen molar-refractivity contribution in [2.45, 2.75) is 12.3 Å². The third kappa shape index (κ3) is 4.32. The quantitative estimate of drug-likeness (QED) is 0.208. The zero-order valence-electron chi connectivity index (χ0n) is 24.3. The van der Waals surface area contributed by atoms with Gasteiger partial charge in [0, 0.05) is 38.8 Å². The summed E-state index contributed by atoms with van der Waals surface area (Å²) in [7, 11) is 0. The minimum absolute atomic E-state index is 0.333. The second-order valence-corrected chi connectivity index (χ2v) is 11.4. The second kappa shape index (κ2) is 10.4. The van der Waals surface area contributed by atoms with Crippen molar-refractivity contribution in [3.63, 3.8) is 0 Å². The minimum atomic E-state index is 0.333. The average molecular weight is 579 g/mol. The van der Waals surface area contributed by atoms with Crippen molar-refractivity contribution in [1.29, 1.82) is 0 Å². The predicted molar refractivity (Wildman–Crippen MR) is 182 cm³/mol. The van der Waals surface area contributed by atoms with Crippen molar-refractivity contribution in [3.8, 4) is 34.2 Å². The molecular weight excluding hydrogens is 552 g/mol. The summed E-state index contributed by atoms with van der Waals surface area (Å²) in [6, 6.07) is 39.3. The third-order valence-corrected chi connectivity index (χ3v) is 8.68. The maximum atomic E-state index is 6.29. The van der Waals surface area contributed by atoms with Gasteiger partial charge in [0.1, 0.15) is 5.58 Å². The second-order valence-electron chi connectivity index (χ2n) is 11.4. The average Bonchev–Trinajstić information content (AvgIpc) is 3.48. The Labute approximate surface area is 259 Å². The number of benzene rings is 5. The van der Waals surface area contributed by atoms with Gasteiger partial charge >= 0.3 is 0 Å². The first-order chi connectivity index (χ1) is 22.3. The lowest BCUT2D eigenvalue weighted by Crippen LogP contribution is -2.02. The number of fused-ring (bicyclic) bond motifs is 5. The van der Waals surface area contributed by atoms with E-state index in [0.29, 0.717) is 29.1 Å². The zero-order chi connectivity index (χ0) is 29.7. The molecule has 5 aromatic carbocycles. The summed E-state index contributed by atoms with van der Waals surface area (Å²) in [5.41, 5.74) is 6.34. The van der Waals surface area contributed by atoms with Gasteiger partial charge in [-0.2, -0.15) is 0 Å². The molecule has 45 heavy (non-hydrogen) atoms. The molecule has 0 bridgehead atoms. The van der Waals surface area contributed by atoms with E-state index in [9.17, 15) is 0 Å². The van der Waals surface area contributed by atoms with Crippen LogP contribution in [-0.4, -0.2) is 19.9 Å². The summed E-state index contributed by atoms with van der Waals surface area (Å²) in [4.78, 5) is 20.2. The van der Waals surface area contributed by atoms with E-state index >= 15 is 0 Å². The molecule has 9 rings (SSSR count). The van der Waals surface area contributed by atoms with Crippen LogP contribution in [0.5, 0.6) is 0 Å². The molecule has 1 unspecified atom stereocenters. The van der Waals surface area contributed by atoms with Gasteiger partial charge in [0.15, 0.2) is 17.5 Å². The van der Waals surface area contributed by atoms with Crippen LogP contribution in [0.3, 0.4) is 0 Å². The number of para-hydroxylation sites is 1. The first-order valence-electron chi connectivity index (χ1n) is 15.2. The Morgan fingerprint density at radius 2 is 1.36 bits per heavy atom. The Morgan fingerprint density at radius 3 is 2.22 bits per heavy atom.